The number of benzene rings is 2. The lowest BCUT2D eigenvalue weighted by molar-refractivity contribution is 0.479. The van der Waals surface area contributed by atoms with E-state index in [0.717, 1.165) is 24.3 Å². The molecule has 4 heteroatoms. The highest BCUT2D eigenvalue weighted by molar-refractivity contribution is 6.78. The Balaban J connectivity index is 1.90. The molecule has 0 bridgehead atoms. The zero-order valence-electron chi connectivity index (χ0n) is 27.2. The Morgan fingerprint density at radius 3 is 1.41 bits per heavy atom. The van der Waals surface area contributed by atoms with Crippen LogP contribution in [0.2, 0.25) is 33.2 Å². The van der Waals surface area contributed by atoms with Gasteiger partial charge in [-0.2, -0.15) is 0 Å². The first kappa shape index (κ1) is 31.7. The van der Waals surface area contributed by atoms with Gasteiger partial charge < -0.3 is 8.85 Å². The summed E-state index contributed by atoms with van der Waals surface area (Å²) in [7, 11) is -3.95. The number of fused-ring (bicyclic) bond motifs is 1. The monoisotopic (exact) mass is 564 g/mol. The fourth-order valence-corrected chi connectivity index (χ4v) is 18.5. The number of hydrogen-bond donors (Lipinski definition) is 0. The molecule has 0 saturated heterocycles. The topological polar surface area (TPSA) is 18.5 Å². The van der Waals surface area contributed by atoms with E-state index in [0.29, 0.717) is 33.2 Å². The normalized spacial score (nSPS) is 14.5. The van der Waals surface area contributed by atoms with Crippen molar-refractivity contribution in [3.05, 3.63) is 59.2 Å². The molecule has 0 aliphatic heterocycles. The molecule has 0 saturated carbocycles. The van der Waals surface area contributed by atoms with Crippen molar-refractivity contribution >= 4 is 27.8 Å². The van der Waals surface area contributed by atoms with Crippen molar-refractivity contribution in [3.63, 3.8) is 0 Å². The van der Waals surface area contributed by atoms with E-state index in [1.807, 2.05) is 0 Å². The lowest BCUT2D eigenvalue weighted by Gasteiger charge is -2.42. The van der Waals surface area contributed by atoms with Crippen molar-refractivity contribution in [1.29, 1.82) is 0 Å². The fourth-order valence-electron chi connectivity index (χ4n) is 8.05. The Kier molecular flexibility index (Phi) is 10.1. The van der Waals surface area contributed by atoms with Crippen LogP contribution in [0.4, 0.5) is 0 Å². The maximum Gasteiger partial charge on any atom is 0.258 e. The second kappa shape index (κ2) is 12.4. The standard InChI is InChI=1S/C35H56O2Si2/c1-14-33-34-20-19-32(37-39(26(8)9,27(10)11)28(12)13)21-30(34)22-35(33)29-15-17-31(18-16-29)36-38(23(2)3,24(4)5)25(6)7/h15-21,23-28H,14,22H2,1-13H3. The van der Waals surface area contributed by atoms with Gasteiger partial charge in [0.25, 0.3) is 16.6 Å². The maximum atomic E-state index is 7.05. The molecule has 0 aromatic heterocycles. The molecule has 0 heterocycles. The third-order valence-corrected chi connectivity index (χ3v) is 21.7. The van der Waals surface area contributed by atoms with E-state index in [9.17, 15) is 0 Å². The predicted octanol–water partition coefficient (Wildman–Crippen LogP) is 11.7. The van der Waals surface area contributed by atoms with Gasteiger partial charge in [-0.25, -0.2) is 0 Å². The summed E-state index contributed by atoms with van der Waals surface area (Å²) < 4.78 is 14.0. The Morgan fingerprint density at radius 1 is 0.590 bits per heavy atom. The smallest absolute Gasteiger partial charge is 0.258 e. The first-order valence-electron chi connectivity index (χ1n) is 15.6. The minimum absolute atomic E-state index is 0.565. The highest BCUT2D eigenvalue weighted by Gasteiger charge is 2.48. The van der Waals surface area contributed by atoms with Gasteiger partial charge in [0.05, 0.1) is 0 Å². The SMILES string of the molecule is CCC1=C(c2ccc(O[Si](C(C)C)(C(C)C)C(C)C)cc2)Cc2cc(O[Si](C(C)C)(C(C)C)C(C)C)ccc21. The van der Waals surface area contributed by atoms with Gasteiger partial charge in [0.1, 0.15) is 11.5 Å². The van der Waals surface area contributed by atoms with Crippen molar-refractivity contribution < 1.29 is 8.85 Å². The van der Waals surface area contributed by atoms with Gasteiger partial charge in [0.15, 0.2) is 0 Å². The molecule has 0 radical (unpaired) electrons. The molecular formula is C35H56O2Si2. The van der Waals surface area contributed by atoms with Crippen LogP contribution < -0.4 is 8.85 Å². The summed E-state index contributed by atoms with van der Waals surface area (Å²) in [5.41, 5.74) is 10.4. The van der Waals surface area contributed by atoms with Crippen molar-refractivity contribution in [3.8, 4) is 11.5 Å². The van der Waals surface area contributed by atoms with Gasteiger partial charge in [0.2, 0.25) is 0 Å². The Bertz CT molecular complexity index is 1100. The average molecular weight is 565 g/mol. The van der Waals surface area contributed by atoms with Crippen LogP contribution in [0.15, 0.2) is 42.5 Å². The molecule has 1 aliphatic rings. The second-order valence-electron chi connectivity index (χ2n) is 13.7. The molecule has 0 amide bonds. The van der Waals surface area contributed by atoms with Crippen molar-refractivity contribution in [1.82, 2.24) is 0 Å². The largest absolute Gasteiger partial charge is 0.543 e. The summed E-state index contributed by atoms with van der Waals surface area (Å²) in [6, 6.07) is 15.9. The second-order valence-corrected chi connectivity index (χ2v) is 24.4. The summed E-state index contributed by atoms with van der Waals surface area (Å²) in [6.45, 7) is 30.5. The highest BCUT2D eigenvalue weighted by Crippen LogP contribution is 2.46. The van der Waals surface area contributed by atoms with E-state index < -0.39 is 16.6 Å². The summed E-state index contributed by atoms with van der Waals surface area (Å²) >= 11 is 0. The Hall–Kier alpha value is -1.79. The summed E-state index contributed by atoms with van der Waals surface area (Å²) in [5, 5.41) is 0. The van der Waals surface area contributed by atoms with Crippen LogP contribution in [0.25, 0.3) is 11.1 Å². The number of allylic oxidation sites excluding steroid dienone is 2. The predicted molar refractivity (Wildman–Crippen MR) is 177 cm³/mol. The zero-order chi connectivity index (χ0) is 29.3. The van der Waals surface area contributed by atoms with Crippen LogP contribution in [0.3, 0.4) is 0 Å². The molecule has 0 N–H and O–H groups in total. The van der Waals surface area contributed by atoms with Crippen LogP contribution in [0, 0.1) is 0 Å². The van der Waals surface area contributed by atoms with Gasteiger partial charge in [-0.15, -0.1) is 0 Å². The van der Waals surface area contributed by atoms with Gasteiger partial charge in [-0.3, -0.25) is 0 Å². The van der Waals surface area contributed by atoms with Gasteiger partial charge in [0, 0.05) is 0 Å². The molecule has 2 nitrogen and oxygen atoms in total. The third-order valence-electron chi connectivity index (χ3n) is 9.69. The van der Waals surface area contributed by atoms with Crippen LogP contribution in [0.1, 0.15) is 113 Å². The minimum atomic E-state index is -1.98. The maximum absolute atomic E-state index is 7.05. The van der Waals surface area contributed by atoms with E-state index in [1.165, 1.54) is 27.8 Å². The molecule has 2 aromatic rings. The molecule has 0 atom stereocenters. The quantitative estimate of drug-likeness (QED) is 0.239. The summed E-state index contributed by atoms with van der Waals surface area (Å²) in [6.07, 6.45) is 2.01. The van der Waals surface area contributed by atoms with Crippen molar-refractivity contribution in [2.24, 2.45) is 0 Å². The number of rotatable bonds is 12. The van der Waals surface area contributed by atoms with Crippen molar-refractivity contribution in [2.75, 3.05) is 0 Å². The highest BCUT2D eigenvalue weighted by atomic mass is 28.4. The molecule has 39 heavy (non-hydrogen) atoms. The zero-order valence-corrected chi connectivity index (χ0v) is 29.2. The van der Waals surface area contributed by atoms with Crippen LogP contribution in [0.5, 0.6) is 11.5 Å². The molecule has 1 aliphatic carbocycles. The fraction of sp³-hybridized carbons (Fsp3) is 0.600. The Morgan fingerprint density at radius 2 is 1.00 bits per heavy atom. The molecular weight excluding hydrogens is 509 g/mol. The molecule has 0 spiro atoms. The van der Waals surface area contributed by atoms with E-state index in [2.05, 4.69) is 132 Å². The lowest BCUT2D eigenvalue weighted by Crippen LogP contribution is -2.50. The summed E-state index contributed by atoms with van der Waals surface area (Å²) in [4.78, 5) is 0. The van der Waals surface area contributed by atoms with Gasteiger partial charge in [-0.05, 0) is 98.2 Å². The number of hydrogen-bond acceptors (Lipinski definition) is 2. The average Bonchev–Trinajstić information content (AvgIpc) is 3.22. The molecule has 0 unspecified atom stereocenters. The van der Waals surface area contributed by atoms with Crippen LogP contribution >= 0.6 is 0 Å². The van der Waals surface area contributed by atoms with E-state index in [1.54, 1.807) is 0 Å². The first-order chi connectivity index (χ1) is 18.2. The lowest BCUT2D eigenvalue weighted by atomic mass is 9.99. The van der Waals surface area contributed by atoms with Gasteiger partial charge in [-0.1, -0.05) is 108 Å². The van der Waals surface area contributed by atoms with Gasteiger partial charge >= 0.3 is 0 Å². The van der Waals surface area contributed by atoms with Crippen LogP contribution in [-0.4, -0.2) is 16.6 Å². The van der Waals surface area contributed by atoms with Crippen molar-refractivity contribution in [2.45, 2.75) is 136 Å². The van der Waals surface area contributed by atoms with E-state index in [-0.39, 0.29) is 0 Å². The molecule has 216 valence electrons. The molecule has 2 aromatic carbocycles. The third kappa shape index (κ3) is 5.84. The Labute approximate surface area is 242 Å². The summed E-state index contributed by atoms with van der Waals surface area (Å²) in [5.74, 6) is 2.10. The minimum Gasteiger partial charge on any atom is -0.543 e. The van der Waals surface area contributed by atoms with E-state index in [4.69, 9.17) is 8.85 Å². The van der Waals surface area contributed by atoms with E-state index >= 15 is 0 Å². The van der Waals surface area contributed by atoms with Crippen LogP contribution in [-0.2, 0) is 6.42 Å². The molecule has 3 rings (SSSR count). The molecule has 0 fully saturated rings. The first-order valence-corrected chi connectivity index (χ1v) is 19.8.